The van der Waals surface area contributed by atoms with Gasteiger partial charge in [-0.25, -0.2) is 4.79 Å². The molecule has 0 unspecified atom stereocenters. The second-order valence-electron chi connectivity index (χ2n) is 5.36. The summed E-state index contributed by atoms with van der Waals surface area (Å²) in [5.74, 6) is 2.07. The molecule has 6 nitrogen and oxygen atoms in total. The molecule has 1 heterocycles. The number of halogens is 1. The highest BCUT2D eigenvalue weighted by Crippen LogP contribution is 2.26. The molecule has 0 aliphatic rings. The third kappa shape index (κ3) is 5.59. The van der Waals surface area contributed by atoms with Crippen molar-refractivity contribution >= 4 is 51.5 Å². The number of nitrogens with one attached hydrogen (secondary N) is 2. The van der Waals surface area contributed by atoms with Crippen molar-refractivity contribution in [3.8, 4) is 5.75 Å². The van der Waals surface area contributed by atoms with E-state index in [1.807, 2.05) is 36.4 Å². The van der Waals surface area contributed by atoms with Gasteiger partial charge >= 0.3 is 6.03 Å². The first-order valence-corrected chi connectivity index (χ1v) is 10.3. The van der Waals surface area contributed by atoms with Crippen LogP contribution in [0.15, 0.2) is 48.5 Å². The fourth-order valence-corrected chi connectivity index (χ4v) is 4.33. The zero-order valence-corrected chi connectivity index (χ0v) is 16.8. The maximum atomic E-state index is 12.1. The van der Waals surface area contributed by atoms with Crippen LogP contribution in [0, 0.1) is 0 Å². The summed E-state index contributed by atoms with van der Waals surface area (Å²) in [5.41, 5.74) is 1.67. The van der Waals surface area contributed by atoms with Crippen LogP contribution < -0.4 is 15.4 Å². The lowest BCUT2D eigenvalue weighted by Crippen LogP contribution is -2.19. The standard InChI is InChI=1S/C18H17ClN4O2S2/c1-25-15-9-5-4-8-14(15)20-17(24)21-18-23-22-16(27-18)11-26-10-12-6-2-3-7-13(12)19/h2-9H,10-11H2,1H3,(H2,20,21,23,24). The highest BCUT2D eigenvalue weighted by atomic mass is 35.5. The van der Waals surface area contributed by atoms with Crippen molar-refractivity contribution in [2.75, 3.05) is 17.7 Å². The fraction of sp³-hybridized carbons (Fsp3) is 0.167. The summed E-state index contributed by atoms with van der Waals surface area (Å²) in [5, 5.41) is 15.6. The summed E-state index contributed by atoms with van der Waals surface area (Å²) in [4.78, 5) is 12.1. The number of carbonyl (C=O) groups excluding carboxylic acids is 1. The number of hydrogen-bond acceptors (Lipinski definition) is 6. The molecule has 0 saturated heterocycles. The van der Waals surface area contributed by atoms with E-state index >= 15 is 0 Å². The Kier molecular flexibility index (Phi) is 6.92. The first-order valence-electron chi connectivity index (χ1n) is 8.00. The number of thioether (sulfide) groups is 1. The van der Waals surface area contributed by atoms with Crippen molar-refractivity contribution in [2.45, 2.75) is 11.5 Å². The molecule has 2 aromatic carbocycles. The smallest absolute Gasteiger partial charge is 0.325 e. The number of carbonyl (C=O) groups is 1. The average molecular weight is 421 g/mol. The second kappa shape index (κ2) is 9.59. The molecule has 3 aromatic rings. The van der Waals surface area contributed by atoms with Crippen molar-refractivity contribution in [1.82, 2.24) is 10.2 Å². The predicted molar refractivity (Wildman–Crippen MR) is 112 cm³/mol. The van der Waals surface area contributed by atoms with Gasteiger partial charge in [0.15, 0.2) is 0 Å². The third-order valence-electron chi connectivity index (χ3n) is 3.48. The molecule has 0 radical (unpaired) electrons. The van der Waals surface area contributed by atoms with Crippen LogP contribution >= 0.6 is 34.7 Å². The van der Waals surface area contributed by atoms with Crippen LogP contribution in [0.2, 0.25) is 5.02 Å². The number of aromatic nitrogens is 2. The van der Waals surface area contributed by atoms with Gasteiger partial charge in [0.1, 0.15) is 10.8 Å². The van der Waals surface area contributed by atoms with Gasteiger partial charge in [0.2, 0.25) is 5.13 Å². The molecule has 3 rings (SSSR count). The minimum atomic E-state index is -0.397. The zero-order chi connectivity index (χ0) is 19.1. The Morgan fingerprint density at radius 3 is 2.70 bits per heavy atom. The number of ether oxygens (including phenoxy) is 1. The molecule has 0 fully saturated rings. The Balaban J connectivity index is 1.50. The van der Waals surface area contributed by atoms with Crippen LogP contribution in [0.1, 0.15) is 10.6 Å². The monoisotopic (exact) mass is 420 g/mol. The largest absolute Gasteiger partial charge is 0.495 e. The molecule has 140 valence electrons. The molecule has 0 aliphatic carbocycles. The molecule has 0 saturated carbocycles. The fourth-order valence-electron chi connectivity index (χ4n) is 2.22. The summed E-state index contributed by atoms with van der Waals surface area (Å²) in [6.45, 7) is 0. The first-order chi connectivity index (χ1) is 13.2. The van der Waals surface area contributed by atoms with Crippen LogP contribution in [0.25, 0.3) is 0 Å². The van der Waals surface area contributed by atoms with Gasteiger partial charge in [-0.15, -0.1) is 22.0 Å². The number of para-hydroxylation sites is 2. The number of rotatable bonds is 7. The highest BCUT2D eigenvalue weighted by molar-refractivity contribution is 7.97. The molecule has 0 atom stereocenters. The lowest BCUT2D eigenvalue weighted by molar-refractivity contribution is 0.262. The lowest BCUT2D eigenvalue weighted by Gasteiger charge is -2.09. The quantitative estimate of drug-likeness (QED) is 0.544. The van der Waals surface area contributed by atoms with E-state index < -0.39 is 6.03 Å². The van der Waals surface area contributed by atoms with Crippen molar-refractivity contribution < 1.29 is 9.53 Å². The molecule has 27 heavy (non-hydrogen) atoms. The van der Waals surface area contributed by atoms with Crippen LogP contribution in [0.5, 0.6) is 5.75 Å². The van der Waals surface area contributed by atoms with Gasteiger partial charge in [-0.2, -0.15) is 0 Å². The number of methoxy groups -OCH3 is 1. The molecular weight excluding hydrogens is 404 g/mol. The Morgan fingerprint density at radius 1 is 1.11 bits per heavy atom. The maximum absolute atomic E-state index is 12.1. The second-order valence-corrected chi connectivity index (χ2v) is 7.82. The molecule has 2 amide bonds. The first kappa shape index (κ1) is 19.5. The Morgan fingerprint density at radius 2 is 1.89 bits per heavy atom. The molecule has 2 N–H and O–H groups in total. The van der Waals surface area contributed by atoms with E-state index in [9.17, 15) is 4.79 Å². The van der Waals surface area contributed by atoms with Crippen LogP contribution in [0.3, 0.4) is 0 Å². The average Bonchev–Trinajstić information content (AvgIpc) is 3.11. The SMILES string of the molecule is COc1ccccc1NC(=O)Nc1nnc(CSCc2ccccc2Cl)s1. The van der Waals surface area contributed by atoms with E-state index in [0.29, 0.717) is 22.3 Å². The molecular formula is C18H17ClN4O2S2. The molecule has 0 spiro atoms. The topological polar surface area (TPSA) is 76.1 Å². The summed E-state index contributed by atoms with van der Waals surface area (Å²) in [7, 11) is 1.55. The van der Waals surface area contributed by atoms with E-state index in [0.717, 1.165) is 21.3 Å². The highest BCUT2D eigenvalue weighted by Gasteiger charge is 2.11. The molecule has 0 bridgehead atoms. The van der Waals surface area contributed by atoms with Gasteiger partial charge < -0.3 is 10.1 Å². The summed E-state index contributed by atoms with van der Waals surface area (Å²) in [6, 6.07) is 14.5. The van der Waals surface area contributed by atoms with E-state index in [4.69, 9.17) is 16.3 Å². The van der Waals surface area contributed by atoms with Gasteiger partial charge in [-0.05, 0) is 23.8 Å². The Labute approximate surface area is 170 Å². The summed E-state index contributed by atoms with van der Waals surface area (Å²) in [6.07, 6.45) is 0. The normalized spacial score (nSPS) is 10.4. The molecule has 9 heteroatoms. The lowest BCUT2D eigenvalue weighted by atomic mass is 10.2. The molecule has 0 aliphatic heterocycles. The number of benzene rings is 2. The maximum Gasteiger partial charge on any atom is 0.325 e. The van der Waals surface area contributed by atoms with E-state index in [1.165, 1.54) is 11.3 Å². The number of amides is 2. The third-order valence-corrected chi connectivity index (χ3v) is 5.87. The Bertz CT molecular complexity index is 920. The van der Waals surface area contributed by atoms with Gasteiger partial charge in [-0.1, -0.05) is 53.3 Å². The van der Waals surface area contributed by atoms with Gasteiger partial charge in [0.05, 0.1) is 12.8 Å². The van der Waals surface area contributed by atoms with Crippen molar-refractivity contribution in [3.63, 3.8) is 0 Å². The van der Waals surface area contributed by atoms with Crippen LogP contribution in [-0.2, 0) is 11.5 Å². The summed E-state index contributed by atoms with van der Waals surface area (Å²) < 4.78 is 5.21. The predicted octanol–water partition coefficient (Wildman–Crippen LogP) is 5.28. The minimum Gasteiger partial charge on any atom is -0.495 e. The molecule has 1 aromatic heterocycles. The number of hydrogen-bond donors (Lipinski definition) is 2. The number of nitrogens with zero attached hydrogens (tertiary/aromatic N) is 2. The Hall–Kier alpha value is -2.29. The van der Waals surface area contributed by atoms with E-state index in [2.05, 4.69) is 20.8 Å². The zero-order valence-electron chi connectivity index (χ0n) is 14.4. The summed E-state index contributed by atoms with van der Waals surface area (Å²) >= 11 is 9.19. The van der Waals surface area contributed by atoms with Crippen molar-refractivity contribution in [2.24, 2.45) is 0 Å². The number of anilines is 2. The van der Waals surface area contributed by atoms with Crippen LogP contribution in [-0.4, -0.2) is 23.3 Å². The van der Waals surface area contributed by atoms with Gasteiger partial charge in [0.25, 0.3) is 0 Å². The van der Waals surface area contributed by atoms with Crippen molar-refractivity contribution in [1.29, 1.82) is 0 Å². The number of urea groups is 1. The van der Waals surface area contributed by atoms with Gasteiger partial charge in [-0.3, -0.25) is 5.32 Å². The van der Waals surface area contributed by atoms with E-state index in [-0.39, 0.29) is 0 Å². The van der Waals surface area contributed by atoms with E-state index in [1.54, 1.807) is 31.0 Å². The minimum absolute atomic E-state index is 0.397. The van der Waals surface area contributed by atoms with Crippen molar-refractivity contribution in [3.05, 3.63) is 64.1 Å². The van der Waals surface area contributed by atoms with Gasteiger partial charge in [0, 0.05) is 16.5 Å². The van der Waals surface area contributed by atoms with Crippen LogP contribution in [0.4, 0.5) is 15.6 Å².